The fraction of sp³-hybridized carbons (Fsp3) is 0.176. The van der Waals surface area contributed by atoms with Gasteiger partial charge in [-0.15, -0.1) is 0 Å². The quantitative estimate of drug-likeness (QED) is 0.636. The van der Waals surface area contributed by atoms with Gasteiger partial charge in [-0.1, -0.05) is 0 Å². The molecule has 0 aliphatic carbocycles. The number of nitrogens with zero attached hydrogens (tertiary/aromatic N) is 3. The second-order valence-electron chi connectivity index (χ2n) is 6.07. The number of aromatic nitrogens is 3. The fourth-order valence-corrected chi connectivity index (χ4v) is 3.70. The van der Waals surface area contributed by atoms with Gasteiger partial charge in [-0.2, -0.15) is 0 Å². The predicted octanol–water partition coefficient (Wildman–Crippen LogP) is 0.201. The van der Waals surface area contributed by atoms with Crippen LogP contribution in [0.1, 0.15) is 6.92 Å². The third-order valence-electron chi connectivity index (χ3n) is 4.06. The Labute approximate surface area is 159 Å². The van der Waals surface area contributed by atoms with Gasteiger partial charge < -0.3 is 5.32 Å². The van der Waals surface area contributed by atoms with Crippen molar-refractivity contribution in [2.45, 2.75) is 11.8 Å². The van der Waals surface area contributed by atoms with Crippen LogP contribution in [0.15, 0.2) is 51.0 Å². The Morgan fingerprint density at radius 3 is 2.29 bits per heavy atom. The molecule has 0 fully saturated rings. The molecule has 0 radical (unpaired) electrons. The first-order valence-corrected chi connectivity index (χ1v) is 9.55. The second-order valence-corrected chi connectivity index (χ2v) is 7.76. The van der Waals surface area contributed by atoms with Gasteiger partial charge >= 0.3 is 5.69 Å². The minimum atomic E-state index is -3.94. The minimum absolute atomic E-state index is 0.0776. The largest absolute Gasteiger partial charge is 0.355 e. The number of anilines is 2. The van der Waals surface area contributed by atoms with Crippen LogP contribution in [0.3, 0.4) is 0 Å². The lowest BCUT2D eigenvalue weighted by Crippen LogP contribution is -2.37. The molecular weight excluding hydrogens is 386 g/mol. The lowest BCUT2D eigenvalue weighted by atomic mass is 10.2. The molecule has 3 rings (SSSR count). The number of carbonyl (C=O) groups is 1. The summed E-state index contributed by atoms with van der Waals surface area (Å²) < 4.78 is 28.1. The molecule has 3 aromatic rings. The second kappa shape index (κ2) is 6.93. The van der Waals surface area contributed by atoms with Gasteiger partial charge in [0.15, 0.2) is 5.65 Å². The van der Waals surface area contributed by atoms with E-state index in [1.54, 1.807) is 6.07 Å². The van der Waals surface area contributed by atoms with Crippen molar-refractivity contribution in [3.8, 4) is 0 Å². The minimum Gasteiger partial charge on any atom is -0.355 e. The van der Waals surface area contributed by atoms with Crippen LogP contribution in [0.5, 0.6) is 0 Å². The first kappa shape index (κ1) is 19.3. The Kier molecular flexibility index (Phi) is 4.77. The lowest BCUT2D eigenvalue weighted by Gasteiger charge is -2.12. The van der Waals surface area contributed by atoms with Crippen LogP contribution in [0.4, 0.5) is 11.4 Å². The number of hydrogen-bond acceptors (Lipinski definition) is 7. The van der Waals surface area contributed by atoms with Crippen LogP contribution in [0.25, 0.3) is 11.0 Å². The molecule has 0 aliphatic heterocycles. The van der Waals surface area contributed by atoms with Crippen molar-refractivity contribution >= 4 is 38.3 Å². The highest BCUT2D eigenvalue weighted by Gasteiger charge is 2.16. The molecule has 0 bridgehead atoms. The van der Waals surface area contributed by atoms with Crippen LogP contribution < -0.4 is 21.3 Å². The summed E-state index contributed by atoms with van der Waals surface area (Å²) in [4.78, 5) is 39.7. The molecule has 146 valence electrons. The van der Waals surface area contributed by atoms with E-state index in [0.29, 0.717) is 11.4 Å². The summed E-state index contributed by atoms with van der Waals surface area (Å²) in [5, 5.41) is 3.25. The van der Waals surface area contributed by atoms with E-state index in [1.807, 2.05) is 4.72 Å². The van der Waals surface area contributed by atoms with E-state index in [0.717, 1.165) is 11.5 Å². The zero-order valence-corrected chi connectivity index (χ0v) is 16.1. The van der Waals surface area contributed by atoms with Gasteiger partial charge in [-0.25, -0.2) is 22.9 Å². The number of aryl methyl sites for hydroxylation is 1. The Bertz CT molecular complexity index is 1310. The van der Waals surface area contributed by atoms with Crippen molar-refractivity contribution in [2.24, 2.45) is 14.1 Å². The summed E-state index contributed by atoms with van der Waals surface area (Å²) in [5.74, 6) is -0.688. The third-order valence-corrected chi connectivity index (χ3v) is 5.51. The Hall–Kier alpha value is -3.47. The molecule has 0 spiro atoms. The number of sulfonamides is 1. The normalized spacial score (nSPS) is 11.4. The van der Waals surface area contributed by atoms with E-state index in [2.05, 4.69) is 10.3 Å². The molecule has 10 nitrogen and oxygen atoms in total. The summed E-state index contributed by atoms with van der Waals surface area (Å²) in [5.41, 5.74) is 0.153. The van der Waals surface area contributed by atoms with E-state index in [-0.39, 0.29) is 15.9 Å². The molecule has 0 saturated carbocycles. The van der Waals surface area contributed by atoms with E-state index >= 15 is 0 Å². The smallest absolute Gasteiger partial charge is 0.332 e. The number of nitrogens with one attached hydrogen (secondary N) is 2. The summed E-state index contributed by atoms with van der Waals surface area (Å²) in [6, 6.07) is 7.21. The summed E-state index contributed by atoms with van der Waals surface area (Å²) in [7, 11) is -1.04. The van der Waals surface area contributed by atoms with Crippen molar-refractivity contribution in [1.29, 1.82) is 0 Å². The molecule has 0 unspecified atom stereocenters. The van der Waals surface area contributed by atoms with Gasteiger partial charge in [0.05, 0.1) is 10.6 Å². The topological polar surface area (TPSA) is 132 Å². The molecule has 2 heterocycles. The summed E-state index contributed by atoms with van der Waals surface area (Å²) in [6.07, 6.45) is 1.46. The summed E-state index contributed by atoms with van der Waals surface area (Å²) >= 11 is 0. The number of fused-ring (bicyclic) bond motifs is 1. The Balaban J connectivity index is 2.04. The van der Waals surface area contributed by atoms with Crippen molar-refractivity contribution in [2.75, 3.05) is 5.32 Å². The zero-order chi connectivity index (χ0) is 20.6. The predicted molar refractivity (Wildman–Crippen MR) is 103 cm³/mol. The lowest BCUT2D eigenvalue weighted by molar-refractivity contribution is -0.117. The van der Waals surface area contributed by atoms with Crippen LogP contribution >= 0.6 is 0 Å². The number of benzene rings is 1. The van der Waals surface area contributed by atoms with E-state index in [1.165, 1.54) is 49.1 Å². The number of rotatable bonds is 4. The maximum Gasteiger partial charge on any atom is 0.332 e. The van der Waals surface area contributed by atoms with Gasteiger partial charge in [-0.05, 0) is 30.3 Å². The van der Waals surface area contributed by atoms with Gasteiger partial charge in [0, 0.05) is 32.9 Å². The first-order chi connectivity index (χ1) is 13.1. The highest BCUT2D eigenvalue weighted by atomic mass is 32.2. The molecule has 11 heteroatoms. The average Bonchev–Trinajstić information content (AvgIpc) is 2.64. The molecule has 1 amide bonds. The van der Waals surface area contributed by atoms with Crippen molar-refractivity contribution in [1.82, 2.24) is 18.8 Å². The van der Waals surface area contributed by atoms with Crippen LogP contribution in [-0.2, 0) is 28.9 Å². The number of hydrogen-bond donors (Lipinski definition) is 2. The van der Waals surface area contributed by atoms with Gasteiger partial charge in [0.2, 0.25) is 5.91 Å². The third kappa shape index (κ3) is 3.39. The van der Waals surface area contributed by atoms with Crippen LogP contribution in [0, 0.1) is 0 Å². The standard InChI is InChI=1S/C17H17N5O5S/c1-10(23)20-28(26,27)12-6-4-11(5-7-12)19-13-8-9-18-15-14(13)16(24)22(3)17(25)21(15)2/h4-9H,1-3H3,(H,18,19)(H,20,23). The summed E-state index contributed by atoms with van der Waals surface area (Å²) in [6.45, 7) is 1.11. The number of pyridine rings is 1. The van der Waals surface area contributed by atoms with Crippen molar-refractivity contribution in [3.63, 3.8) is 0 Å². The van der Waals surface area contributed by atoms with Crippen LogP contribution in [-0.4, -0.2) is 28.4 Å². The molecular formula is C17H17N5O5S. The van der Waals surface area contributed by atoms with E-state index < -0.39 is 27.2 Å². The highest BCUT2D eigenvalue weighted by Crippen LogP contribution is 2.23. The highest BCUT2D eigenvalue weighted by molar-refractivity contribution is 7.90. The van der Waals surface area contributed by atoms with Gasteiger partial charge in [0.1, 0.15) is 5.39 Å². The van der Waals surface area contributed by atoms with Gasteiger partial charge in [-0.3, -0.25) is 18.7 Å². The first-order valence-electron chi connectivity index (χ1n) is 8.07. The molecule has 0 saturated heterocycles. The average molecular weight is 403 g/mol. The maximum absolute atomic E-state index is 12.6. The van der Waals surface area contributed by atoms with Gasteiger partial charge in [0.25, 0.3) is 15.6 Å². The molecule has 1 aromatic carbocycles. The van der Waals surface area contributed by atoms with Crippen molar-refractivity contribution < 1.29 is 13.2 Å². The van der Waals surface area contributed by atoms with E-state index in [9.17, 15) is 22.8 Å². The molecule has 0 atom stereocenters. The van der Waals surface area contributed by atoms with E-state index in [4.69, 9.17) is 0 Å². The van der Waals surface area contributed by atoms with Crippen LogP contribution in [0.2, 0.25) is 0 Å². The Morgan fingerprint density at radius 2 is 1.68 bits per heavy atom. The molecule has 2 N–H and O–H groups in total. The Morgan fingerprint density at radius 1 is 1.04 bits per heavy atom. The number of amides is 1. The number of carbonyl (C=O) groups excluding carboxylic acids is 1. The zero-order valence-electron chi connectivity index (χ0n) is 15.3. The molecule has 2 aromatic heterocycles. The molecule has 0 aliphatic rings. The molecule has 28 heavy (non-hydrogen) atoms. The monoisotopic (exact) mass is 403 g/mol. The maximum atomic E-state index is 12.6. The SMILES string of the molecule is CC(=O)NS(=O)(=O)c1ccc(Nc2ccnc3c2c(=O)n(C)c(=O)n3C)cc1. The fourth-order valence-electron chi connectivity index (χ4n) is 2.71. The van der Waals surface area contributed by atoms with Crippen molar-refractivity contribution in [3.05, 3.63) is 57.4 Å².